The van der Waals surface area contributed by atoms with E-state index >= 15 is 0 Å². The molecule has 0 saturated carbocycles. The van der Waals surface area contributed by atoms with Crippen molar-refractivity contribution < 1.29 is 14.2 Å². The molecule has 1 rings (SSSR count). The number of halogens is 1. The van der Waals surface area contributed by atoms with Crippen LogP contribution >= 0.6 is 0 Å². The summed E-state index contributed by atoms with van der Waals surface area (Å²) in [6.45, 7) is 0.877. The molecule has 0 bridgehead atoms. The average Bonchev–Trinajstić information content (AvgIpc) is 2.25. The van der Waals surface area contributed by atoms with Gasteiger partial charge < -0.3 is 15.2 Å². The third-order valence-electron chi connectivity index (χ3n) is 2.06. The van der Waals surface area contributed by atoms with Crippen LogP contribution in [0, 0.1) is 5.82 Å². The molecule has 0 radical (unpaired) electrons. The summed E-state index contributed by atoms with van der Waals surface area (Å²) in [4.78, 5) is 0. The zero-order valence-corrected chi connectivity index (χ0v) is 8.79. The Bertz CT molecular complexity index is 305. The van der Waals surface area contributed by atoms with Crippen LogP contribution in [0.25, 0.3) is 0 Å². The summed E-state index contributed by atoms with van der Waals surface area (Å²) in [6.07, 6.45) is 1.58. The second-order valence-corrected chi connectivity index (χ2v) is 3.20. The molecular weight excluding hydrogens is 197 g/mol. The highest BCUT2D eigenvalue weighted by molar-refractivity contribution is 5.56. The van der Waals surface area contributed by atoms with Gasteiger partial charge in [0.1, 0.15) is 11.6 Å². The fourth-order valence-electron chi connectivity index (χ4n) is 1.28. The molecule has 4 heteroatoms. The normalized spacial score (nSPS) is 10.1. The van der Waals surface area contributed by atoms with Crippen molar-refractivity contribution in [2.24, 2.45) is 0 Å². The summed E-state index contributed by atoms with van der Waals surface area (Å²) < 4.78 is 18.0. The summed E-state index contributed by atoms with van der Waals surface area (Å²) in [5, 5.41) is 11.7. The van der Waals surface area contributed by atoms with E-state index < -0.39 is 0 Å². The molecule has 0 aliphatic carbocycles. The second kappa shape index (κ2) is 6.24. The van der Waals surface area contributed by atoms with Gasteiger partial charge in [0, 0.05) is 19.2 Å². The van der Waals surface area contributed by atoms with Gasteiger partial charge in [-0.05, 0) is 25.0 Å². The molecule has 0 amide bonds. The molecule has 15 heavy (non-hydrogen) atoms. The maximum Gasteiger partial charge on any atom is 0.142 e. The van der Waals surface area contributed by atoms with E-state index in [1.54, 1.807) is 13.2 Å². The Labute approximate surface area is 88.9 Å². The van der Waals surface area contributed by atoms with E-state index in [-0.39, 0.29) is 12.4 Å². The van der Waals surface area contributed by atoms with Crippen molar-refractivity contribution in [2.45, 2.75) is 12.8 Å². The minimum absolute atomic E-state index is 0.183. The zero-order valence-electron chi connectivity index (χ0n) is 8.79. The lowest BCUT2D eigenvalue weighted by Gasteiger charge is -2.10. The summed E-state index contributed by atoms with van der Waals surface area (Å²) in [5.74, 6) is 0.334. The van der Waals surface area contributed by atoms with Crippen LogP contribution in [-0.2, 0) is 0 Å². The van der Waals surface area contributed by atoms with Gasteiger partial charge in [-0.1, -0.05) is 0 Å². The van der Waals surface area contributed by atoms with Gasteiger partial charge in [0.15, 0.2) is 0 Å². The van der Waals surface area contributed by atoms with Crippen LogP contribution in [0.4, 0.5) is 10.1 Å². The number of hydrogen-bond donors (Lipinski definition) is 2. The van der Waals surface area contributed by atoms with Crippen molar-refractivity contribution in [1.82, 2.24) is 0 Å². The van der Waals surface area contributed by atoms with E-state index in [4.69, 9.17) is 9.84 Å². The van der Waals surface area contributed by atoms with Gasteiger partial charge in [-0.2, -0.15) is 0 Å². The van der Waals surface area contributed by atoms with Crippen LogP contribution < -0.4 is 10.1 Å². The van der Waals surface area contributed by atoms with Crippen LogP contribution in [-0.4, -0.2) is 25.4 Å². The largest absolute Gasteiger partial charge is 0.495 e. The highest BCUT2D eigenvalue weighted by Gasteiger charge is 2.03. The summed E-state index contributed by atoms with van der Waals surface area (Å²) in [7, 11) is 1.55. The Kier molecular flexibility index (Phi) is 4.90. The van der Waals surface area contributed by atoms with Crippen molar-refractivity contribution in [3.63, 3.8) is 0 Å². The van der Waals surface area contributed by atoms with Crippen LogP contribution in [0.2, 0.25) is 0 Å². The third-order valence-corrected chi connectivity index (χ3v) is 2.06. The monoisotopic (exact) mass is 213 g/mol. The maximum atomic E-state index is 12.9. The number of rotatable bonds is 6. The molecule has 84 valence electrons. The first-order valence-electron chi connectivity index (χ1n) is 4.96. The highest BCUT2D eigenvalue weighted by atomic mass is 19.1. The van der Waals surface area contributed by atoms with E-state index in [2.05, 4.69) is 5.32 Å². The predicted molar refractivity (Wildman–Crippen MR) is 57.8 cm³/mol. The van der Waals surface area contributed by atoms with Gasteiger partial charge in [0.05, 0.1) is 12.8 Å². The Morgan fingerprint density at radius 1 is 1.40 bits per heavy atom. The minimum atomic E-state index is -0.291. The second-order valence-electron chi connectivity index (χ2n) is 3.20. The number of aliphatic hydroxyl groups is 1. The Hall–Kier alpha value is -1.29. The topological polar surface area (TPSA) is 41.5 Å². The van der Waals surface area contributed by atoms with Crippen LogP contribution in [0.3, 0.4) is 0 Å². The number of unbranched alkanes of at least 4 members (excludes halogenated alkanes) is 1. The van der Waals surface area contributed by atoms with Crippen LogP contribution in [0.1, 0.15) is 12.8 Å². The van der Waals surface area contributed by atoms with Crippen molar-refractivity contribution >= 4 is 5.69 Å². The van der Waals surface area contributed by atoms with E-state index in [0.717, 1.165) is 12.8 Å². The van der Waals surface area contributed by atoms with E-state index in [1.165, 1.54) is 12.1 Å². The third kappa shape index (κ3) is 3.75. The first-order valence-corrected chi connectivity index (χ1v) is 4.96. The number of nitrogens with one attached hydrogen (secondary N) is 1. The molecule has 1 aromatic rings. The van der Waals surface area contributed by atoms with Crippen molar-refractivity contribution in [3.05, 3.63) is 24.0 Å². The van der Waals surface area contributed by atoms with Gasteiger partial charge in [-0.25, -0.2) is 4.39 Å². The highest BCUT2D eigenvalue weighted by Crippen LogP contribution is 2.24. The molecule has 3 nitrogen and oxygen atoms in total. The van der Waals surface area contributed by atoms with Crippen molar-refractivity contribution in [2.75, 3.05) is 25.6 Å². The quantitative estimate of drug-likeness (QED) is 0.710. The fourth-order valence-corrected chi connectivity index (χ4v) is 1.28. The Morgan fingerprint density at radius 3 is 2.87 bits per heavy atom. The summed E-state index contributed by atoms with van der Waals surface area (Å²) >= 11 is 0. The van der Waals surface area contributed by atoms with E-state index in [9.17, 15) is 4.39 Å². The van der Waals surface area contributed by atoms with Gasteiger partial charge in [-0.15, -0.1) is 0 Å². The summed E-state index contributed by atoms with van der Waals surface area (Å²) in [5.41, 5.74) is 0.649. The average molecular weight is 213 g/mol. The van der Waals surface area contributed by atoms with Gasteiger partial charge in [-0.3, -0.25) is 0 Å². The van der Waals surface area contributed by atoms with Gasteiger partial charge in [0.2, 0.25) is 0 Å². The molecule has 0 fully saturated rings. The predicted octanol–water partition coefficient (Wildman–Crippen LogP) is 2.02. The maximum absolute atomic E-state index is 12.9. The number of hydrogen-bond acceptors (Lipinski definition) is 3. The van der Waals surface area contributed by atoms with Gasteiger partial charge >= 0.3 is 0 Å². The number of anilines is 1. The number of methoxy groups -OCH3 is 1. The number of benzene rings is 1. The van der Waals surface area contributed by atoms with E-state index in [0.29, 0.717) is 18.0 Å². The number of aliphatic hydroxyl groups excluding tert-OH is 1. The minimum Gasteiger partial charge on any atom is -0.495 e. The lowest BCUT2D eigenvalue weighted by atomic mass is 10.2. The number of ether oxygens (including phenoxy) is 1. The Balaban J connectivity index is 2.54. The van der Waals surface area contributed by atoms with E-state index in [1.807, 2.05) is 0 Å². The molecule has 1 aromatic carbocycles. The molecule has 0 unspecified atom stereocenters. The molecular formula is C11H16FNO2. The first-order chi connectivity index (χ1) is 7.27. The lowest BCUT2D eigenvalue weighted by molar-refractivity contribution is 0.286. The molecule has 0 aromatic heterocycles. The molecule has 0 heterocycles. The van der Waals surface area contributed by atoms with Crippen molar-refractivity contribution in [3.8, 4) is 5.75 Å². The molecule has 0 spiro atoms. The zero-order chi connectivity index (χ0) is 11.1. The van der Waals surface area contributed by atoms with Gasteiger partial charge in [0.25, 0.3) is 0 Å². The Morgan fingerprint density at radius 2 is 2.20 bits per heavy atom. The molecule has 0 aliphatic heterocycles. The van der Waals surface area contributed by atoms with Crippen LogP contribution in [0.5, 0.6) is 5.75 Å². The van der Waals surface area contributed by atoms with Crippen molar-refractivity contribution in [1.29, 1.82) is 0 Å². The molecule has 0 aliphatic rings. The summed E-state index contributed by atoms with van der Waals surface area (Å²) in [6, 6.07) is 4.35. The SMILES string of the molecule is COc1ccc(F)cc1NCCCCO. The molecule has 0 saturated heterocycles. The standard InChI is InChI=1S/C11H16FNO2/c1-15-11-5-4-9(12)8-10(11)13-6-2-3-7-14/h4-5,8,13-14H,2-3,6-7H2,1H3. The first kappa shape index (κ1) is 11.8. The fraction of sp³-hybridized carbons (Fsp3) is 0.455. The lowest BCUT2D eigenvalue weighted by Crippen LogP contribution is -2.04. The van der Waals surface area contributed by atoms with Crippen LogP contribution in [0.15, 0.2) is 18.2 Å². The smallest absolute Gasteiger partial charge is 0.142 e. The molecule has 2 N–H and O–H groups in total. The molecule has 0 atom stereocenters.